The molecule has 0 fully saturated rings. The van der Waals surface area contributed by atoms with E-state index in [0.717, 1.165) is 11.3 Å². The Hall–Kier alpha value is -0.980. The van der Waals surface area contributed by atoms with E-state index in [1.165, 1.54) is 0 Å². The molecule has 1 unspecified atom stereocenters. The smallest absolute Gasteiger partial charge is 0.365 e. The number of thiazole rings is 1. The standard InChI is InChI=1S/C10H16N2O3S/c1-6(13)10(2,3)11-4-7-5-16-8(12-7)9(14)15/h5-6,11,13H,4H2,1-3H3,(H,14,15). The number of aliphatic hydroxyl groups is 1. The molecular weight excluding hydrogens is 228 g/mol. The summed E-state index contributed by atoms with van der Waals surface area (Å²) in [5.74, 6) is -1.01. The summed E-state index contributed by atoms with van der Waals surface area (Å²) in [4.78, 5) is 14.6. The summed E-state index contributed by atoms with van der Waals surface area (Å²) in [5.41, 5.74) is 0.253. The van der Waals surface area contributed by atoms with Gasteiger partial charge in [0, 0.05) is 17.5 Å². The van der Waals surface area contributed by atoms with Crippen LogP contribution in [-0.2, 0) is 6.54 Å². The molecular formula is C10H16N2O3S. The summed E-state index contributed by atoms with van der Waals surface area (Å²) < 4.78 is 0. The van der Waals surface area contributed by atoms with Crippen molar-refractivity contribution in [3.63, 3.8) is 0 Å². The highest BCUT2D eigenvalue weighted by Crippen LogP contribution is 2.13. The van der Waals surface area contributed by atoms with Crippen LogP contribution in [0.3, 0.4) is 0 Å². The van der Waals surface area contributed by atoms with Crippen molar-refractivity contribution in [1.82, 2.24) is 10.3 Å². The van der Waals surface area contributed by atoms with Crippen LogP contribution in [0.4, 0.5) is 0 Å². The SMILES string of the molecule is CC(O)C(C)(C)NCc1csc(C(=O)O)n1. The maximum atomic E-state index is 10.6. The van der Waals surface area contributed by atoms with E-state index in [1.54, 1.807) is 12.3 Å². The molecule has 3 N–H and O–H groups in total. The molecule has 1 heterocycles. The summed E-state index contributed by atoms with van der Waals surface area (Å²) >= 11 is 1.10. The van der Waals surface area contributed by atoms with E-state index in [0.29, 0.717) is 12.2 Å². The second-order valence-electron chi connectivity index (χ2n) is 4.20. The predicted octanol–water partition coefficient (Wildman–Crippen LogP) is 1.09. The van der Waals surface area contributed by atoms with Gasteiger partial charge in [0.25, 0.3) is 0 Å². The molecule has 0 saturated carbocycles. The monoisotopic (exact) mass is 244 g/mol. The molecule has 90 valence electrons. The van der Waals surface area contributed by atoms with Gasteiger partial charge in [0.1, 0.15) is 0 Å². The zero-order valence-corrected chi connectivity index (χ0v) is 10.3. The van der Waals surface area contributed by atoms with E-state index >= 15 is 0 Å². The molecule has 16 heavy (non-hydrogen) atoms. The molecule has 1 atom stereocenters. The zero-order chi connectivity index (χ0) is 12.3. The Morgan fingerprint density at radius 1 is 1.69 bits per heavy atom. The highest BCUT2D eigenvalue weighted by molar-refractivity contribution is 7.11. The second-order valence-corrected chi connectivity index (χ2v) is 5.06. The number of carboxylic acids is 1. The average molecular weight is 244 g/mol. The van der Waals surface area contributed by atoms with Crippen LogP contribution in [0.15, 0.2) is 5.38 Å². The van der Waals surface area contributed by atoms with Crippen LogP contribution >= 0.6 is 11.3 Å². The third-order valence-corrected chi connectivity index (χ3v) is 3.38. The Morgan fingerprint density at radius 3 is 2.75 bits per heavy atom. The van der Waals surface area contributed by atoms with E-state index < -0.39 is 17.6 Å². The molecule has 0 amide bonds. The molecule has 0 spiro atoms. The number of aromatic nitrogens is 1. The first-order valence-electron chi connectivity index (χ1n) is 4.93. The Labute approximate surface area is 98.1 Å². The van der Waals surface area contributed by atoms with Gasteiger partial charge in [-0.15, -0.1) is 11.3 Å². The first kappa shape index (κ1) is 13.1. The van der Waals surface area contributed by atoms with Gasteiger partial charge in [-0.3, -0.25) is 0 Å². The van der Waals surface area contributed by atoms with Gasteiger partial charge in [-0.25, -0.2) is 9.78 Å². The molecule has 0 aliphatic rings. The van der Waals surface area contributed by atoms with Gasteiger partial charge in [-0.2, -0.15) is 0 Å². The fraction of sp³-hybridized carbons (Fsp3) is 0.600. The Balaban J connectivity index is 2.58. The molecule has 6 heteroatoms. The number of carbonyl (C=O) groups is 1. The van der Waals surface area contributed by atoms with Gasteiger partial charge < -0.3 is 15.5 Å². The van der Waals surface area contributed by atoms with Crippen molar-refractivity contribution in [3.8, 4) is 0 Å². The van der Waals surface area contributed by atoms with Crippen molar-refractivity contribution in [2.24, 2.45) is 0 Å². The number of aromatic carboxylic acids is 1. The third kappa shape index (κ3) is 3.26. The zero-order valence-electron chi connectivity index (χ0n) is 9.52. The lowest BCUT2D eigenvalue weighted by molar-refractivity contribution is 0.0696. The van der Waals surface area contributed by atoms with E-state index in [-0.39, 0.29) is 5.01 Å². The largest absolute Gasteiger partial charge is 0.476 e. The number of carboxylic acid groups (broad SMARTS) is 1. The molecule has 1 aromatic heterocycles. The van der Waals surface area contributed by atoms with Crippen molar-refractivity contribution in [2.45, 2.75) is 39.0 Å². The van der Waals surface area contributed by atoms with Gasteiger partial charge in [-0.1, -0.05) is 0 Å². The lowest BCUT2D eigenvalue weighted by Crippen LogP contribution is -2.47. The lowest BCUT2D eigenvalue weighted by Gasteiger charge is -2.29. The third-order valence-electron chi connectivity index (χ3n) is 2.50. The number of aliphatic hydroxyl groups excluding tert-OH is 1. The Morgan fingerprint density at radius 2 is 2.31 bits per heavy atom. The first-order chi connectivity index (χ1) is 7.33. The predicted molar refractivity (Wildman–Crippen MR) is 61.7 cm³/mol. The van der Waals surface area contributed by atoms with Crippen LogP contribution in [0, 0.1) is 0 Å². The summed E-state index contributed by atoms with van der Waals surface area (Å²) in [7, 11) is 0. The van der Waals surface area contributed by atoms with Crippen LogP contribution < -0.4 is 5.32 Å². The minimum atomic E-state index is -1.01. The molecule has 0 aliphatic carbocycles. The van der Waals surface area contributed by atoms with Gasteiger partial charge in [0.15, 0.2) is 0 Å². The molecule has 0 aromatic carbocycles. The van der Waals surface area contributed by atoms with Gasteiger partial charge in [0.2, 0.25) is 5.01 Å². The van der Waals surface area contributed by atoms with Crippen molar-refractivity contribution in [1.29, 1.82) is 0 Å². The molecule has 0 bridgehead atoms. The minimum absolute atomic E-state index is 0.0895. The van der Waals surface area contributed by atoms with Gasteiger partial charge in [0.05, 0.1) is 11.8 Å². The van der Waals surface area contributed by atoms with Gasteiger partial charge in [-0.05, 0) is 20.8 Å². The van der Waals surface area contributed by atoms with E-state index in [1.807, 2.05) is 13.8 Å². The van der Waals surface area contributed by atoms with Crippen LogP contribution in [-0.4, -0.2) is 32.8 Å². The van der Waals surface area contributed by atoms with Crippen LogP contribution in [0.1, 0.15) is 36.3 Å². The lowest BCUT2D eigenvalue weighted by atomic mass is 9.99. The molecule has 5 nitrogen and oxygen atoms in total. The van der Waals surface area contributed by atoms with Crippen molar-refractivity contribution >= 4 is 17.3 Å². The van der Waals surface area contributed by atoms with Crippen molar-refractivity contribution in [2.75, 3.05) is 0 Å². The molecule has 1 aromatic rings. The van der Waals surface area contributed by atoms with E-state index in [9.17, 15) is 9.90 Å². The molecule has 0 radical (unpaired) electrons. The molecule has 1 rings (SSSR count). The topological polar surface area (TPSA) is 82.5 Å². The number of hydrogen-bond acceptors (Lipinski definition) is 5. The second kappa shape index (κ2) is 4.90. The normalized spacial score (nSPS) is 13.8. The Kier molecular flexibility index (Phi) is 4.01. The average Bonchev–Trinajstić information content (AvgIpc) is 2.63. The van der Waals surface area contributed by atoms with Crippen molar-refractivity contribution < 1.29 is 15.0 Å². The Bertz CT molecular complexity index is 374. The number of rotatable bonds is 5. The van der Waals surface area contributed by atoms with E-state index in [4.69, 9.17) is 5.11 Å². The van der Waals surface area contributed by atoms with Crippen LogP contribution in [0.5, 0.6) is 0 Å². The van der Waals surface area contributed by atoms with Crippen molar-refractivity contribution in [3.05, 3.63) is 16.1 Å². The molecule has 0 saturated heterocycles. The first-order valence-corrected chi connectivity index (χ1v) is 5.81. The molecule has 0 aliphatic heterocycles. The summed E-state index contributed by atoms with van der Waals surface area (Å²) in [6, 6.07) is 0. The quantitative estimate of drug-likeness (QED) is 0.722. The highest BCUT2D eigenvalue weighted by atomic mass is 32.1. The number of nitrogens with zero attached hydrogens (tertiary/aromatic N) is 1. The number of hydrogen-bond donors (Lipinski definition) is 3. The van der Waals surface area contributed by atoms with Gasteiger partial charge >= 0.3 is 5.97 Å². The van der Waals surface area contributed by atoms with Crippen LogP contribution in [0.25, 0.3) is 0 Å². The minimum Gasteiger partial charge on any atom is -0.476 e. The van der Waals surface area contributed by atoms with Crippen LogP contribution in [0.2, 0.25) is 0 Å². The maximum absolute atomic E-state index is 10.6. The summed E-state index contributed by atoms with van der Waals surface area (Å²) in [5, 5.41) is 23.1. The highest BCUT2D eigenvalue weighted by Gasteiger charge is 2.23. The van der Waals surface area contributed by atoms with E-state index in [2.05, 4.69) is 10.3 Å². The summed E-state index contributed by atoms with van der Waals surface area (Å²) in [6.07, 6.45) is -0.495. The summed E-state index contributed by atoms with van der Waals surface area (Å²) in [6.45, 7) is 5.91. The fourth-order valence-electron chi connectivity index (χ4n) is 0.952. The fourth-order valence-corrected chi connectivity index (χ4v) is 1.61. The number of nitrogens with one attached hydrogen (secondary N) is 1. The maximum Gasteiger partial charge on any atom is 0.365 e.